The quantitative estimate of drug-likeness (QED) is 0.784. The maximum absolute atomic E-state index is 11.0. The van der Waals surface area contributed by atoms with Crippen molar-refractivity contribution in [3.63, 3.8) is 0 Å². The Balaban J connectivity index is 2.20. The van der Waals surface area contributed by atoms with Crippen molar-refractivity contribution in [1.82, 2.24) is 14.6 Å². The molecule has 0 radical (unpaired) electrons. The van der Waals surface area contributed by atoms with Crippen LogP contribution in [0.25, 0.3) is 16.9 Å². The third-order valence-corrected chi connectivity index (χ3v) is 3.49. The zero-order chi connectivity index (χ0) is 15.1. The molecular weight excluding hydrogens is 266 g/mol. The lowest BCUT2D eigenvalue weighted by molar-refractivity contribution is 0.0695. The van der Waals surface area contributed by atoms with Crippen LogP contribution in [0.3, 0.4) is 0 Å². The molecule has 0 atom stereocenters. The fourth-order valence-electron chi connectivity index (χ4n) is 2.69. The molecule has 0 saturated heterocycles. The Hall–Kier alpha value is -2.69. The highest BCUT2D eigenvalue weighted by Crippen LogP contribution is 2.27. The average Bonchev–Trinajstić information content (AvgIpc) is 2.79. The predicted octanol–water partition coefficient (Wildman–Crippen LogP) is 3.02. The Kier molecular flexibility index (Phi) is 2.97. The van der Waals surface area contributed by atoms with Crippen LogP contribution in [0.2, 0.25) is 0 Å². The number of fused-ring (bicyclic) bond motifs is 1. The first-order valence-electron chi connectivity index (χ1n) is 6.62. The minimum atomic E-state index is -1.01. The first-order valence-corrected chi connectivity index (χ1v) is 6.62. The summed E-state index contributed by atoms with van der Waals surface area (Å²) in [6.45, 7) is 6.17. The van der Waals surface area contributed by atoms with Gasteiger partial charge in [0.2, 0.25) is 0 Å². The van der Waals surface area contributed by atoms with Crippen LogP contribution in [0, 0.1) is 20.8 Å². The van der Waals surface area contributed by atoms with E-state index in [1.54, 1.807) is 0 Å². The van der Waals surface area contributed by atoms with Crippen LogP contribution in [-0.4, -0.2) is 25.7 Å². The molecule has 5 heteroatoms. The number of aromatic carboxylic acids is 1. The van der Waals surface area contributed by atoms with Crippen LogP contribution in [0.15, 0.2) is 30.6 Å². The first kappa shape index (κ1) is 13.3. The van der Waals surface area contributed by atoms with Gasteiger partial charge in [0.15, 0.2) is 5.65 Å². The Morgan fingerprint density at radius 2 is 1.81 bits per heavy atom. The van der Waals surface area contributed by atoms with Gasteiger partial charge < -0.3 is 5.11 Å². The van der Waals surface area contributed by atoms with Crippen molar-refractivity contribution < 1.29 is 9.90 Å². The molecule has 1 N–H and O–H groups in total. The van der Waals surface area contributed by atoms with Gasteiger partial charge in [0.1, 0.15) is 0 Å². The molecule has 21 heavy (non-hydrogen) atoms. The second-order valence-corrected chi connectivity index (χ2v) is 5.25. The van der Waals surface area contributed by atoms with Crippen LogP contribution < -0.4 is 0 Å². The number of hydrogen-bond donors (Lipinski definition) is 1. The van der Waals surface area contributed by atoms with E-state index in [4.69, 9.17) is 5.11 Å². The number of carboxylic acids is 1. The SMILES string of the molecule is Cc1cc(C)c(-c2cc3ncc(C(=O)O)cn3n2)c(C)c1. The third kappa shape index (κ3) is 2.27. The smallest absolute Gasteiger partial charge is 0.338 e. The molecular formula is C16H15N3O2. The molecule has 0 fully saturated rings. The molecule has 3 aromatic rings. The average molecular weight is 281 g/mol. The van der Waals surface area contributed by atoms with Gasteiger partial charge in [0, 0.05) is 24.0 Å². The summed E-state index contributed by atoms with van der Waals surface area (Å²) < 4.78 is 1.51. The molecule has 2 heterocycles. The minimum Gasteiger partial charge on any atom is -0.478 e. The van der Waals surface area contributed by atoms with E-state index in [0.29, 0.717) is 5.65 Å². The molecule has 3 rings (SSSR count). The monoisotopic (exact) mass is 281 g/mol. The lowest BCUT2D eigenvalue weighted by Gasteiger charge is -2.08. The second kappa shape index (κ2) is 4.70. The lowest BCUT2D eigenvalue weighted by Crippen LogP contribution is -2.01. The van der Waals surface area contributed by atoms with E-state index in [2.05, 4.69) is 43.0 Å². The van der Waals surface area contributed by atoms with Crippen molar-refractivity contribution in [2.45, 2.75) is 20.8 Å². The largest absolute Gasteiger partial charge is 0.478 e. The summed E-state index contributed by atoms with van der Waals surface area (Å²) in [7, 11) is 0. The van der Waals surface area contributed by atoms with E-state index >= 15 is 0 Å². The maximum atomic E-state index is 11.0. The molecule has 0 saturated carbocycles. The van der Waals surface area contributed by atoms with Gasteiger partial charge in [0.25, 0.3) is 0 Å². The van der Waals surface area contributed by atoms with E-state index in [1.165, 1.54) is 22.5 Å². The Bertz CT molecular complexity index is 842. The molecule has 0 spiro atoms. The number of carbonyl (C=O) groups is 1. The van der Waals surface area contributed by atoms with Gasteiger partial charge >= 0.3 is 5.97 Å². The van der Waals surface area contributed by atoms with Crippen LogP contribution in [0.1, 0.15) is 27.0 Å². The van der Waals surface area contributed by atoms with Crippen molar-refractivity contribution in [3.8, 4) is 11.3 Å². The van der Waals surface area contributed by atoms with Crippen molar-refractivity contribution in [3.05, 3.63) is 52.8 Å². The van der Waals surface area contributed by atoms with Gasteiger partial charge in [-0.15, -0.1) is 0 Å². The Morgan fingerprint density at radius 3 is 2.43 bits per heavy atom. The van der Waals surface area contributed by atoms with Gasteiger partial charge in [-0.1, -0.05) is 17.7 Å². The van der Waals surface area contributed by atoms with Gasteiger partial charge in [-0.25, -0.2) is 14.3 Å². The summed E-state index contributed by atoms with van der Waals surface area (Å²) in [5, 5.41) is 13.5. The fourth-order valence-corrected chi connectivity index (χ4v) is 2.69. The van der Waals surface area contributed by atoms with Crippen LogP contribution in [0.5, 0.6) is 0 Å². The summed E-state index contributed by atoms with van der Waals surface area (Å²) in [6, 6.07) is 6.10. The minimum absolute atomic E-state index is 0.120. The molecule has 0 aliphatic heterocycles. The number of aromatic nitrogens is 3. The highest BCUT2D eigenvalue weighted by Gasteiger charge is 2.12. The highest BCUT2D eigenvalue weighted by molar-refractivity contribution is 5.87. The molecule has 0 unspecified atom stereocenters. The fraction of sp³-hybridized carbons (Fsp3) is 0.188. The van der Waals surface area contributed by atoms with Crippen LogP contribution in [0.4, 0.5) is 0 Å². The summed E-state index contributed by atoms with van der Waals surface area (Å²) in [5.41, 5.74) is 6.14. The van der Waals surface area contributed by atoms with E-state index in [9.17, 15) is 4.79 Å². The van der Waals surface area contributed by atoms with Gasteiger partial charge in [-0.05, 0) is 31.9 Å². The number of benzene rings is 1. The normalized spacial score (nSPS) is 11.0. The van der Waals surface area contributed by atoms with Crippen LogP contribution >= 0.6 is 0 Å². The molecule has 0 amide bonds. The van der Waals surface area contributed by atoms with Crippen molar-refractivity contribution in [2.24, 2.45) is 0 Å². The third-order valence-electron chi connectivity index (χ3n) is 3.49. The maximum Gasteiger partial charge on any atom is 0.338 e. The van der Waals surface area contributed by atoms with Crippen molar-refractivity contribution in [2.75, 3.05) is 0 Å². The van der Waals surface area contributed by atoms with E-state index in [-0.39, 0.29) is 5.56 Å². The van der Waals surface area contributed by atoms with E-state index < -0.39 is 5.97 Å². The zero-order valence-electron chi connectivity index (χ0n) is 12.1. The topological polar surface area (TPSA) is 67.5 Å². The molecule has 106 valence electrons. The summed E-state index contributed by atoms with van der Waals surface area (Å²) in [4.78, 5) is 15.1. The van der Waals surface area contributed by atoms with E-state index in [0.717, 1.165) is 22.4 Å². The summed E-state index contributed by atoms with van der Waals surface area (Å²) in [5.74, 6) is -1.01. The lowest BCUT2D eigenvalue weighted by atomic mass is 9.97. The van der Waals surface area contributed by atoms with Crippen molar-refractivity contribution in [1.29, 1.82) is 0 Å². The van der Waals surface area contributed by atoms with Gasteiger partial charge in [-0.3, -0.25) is 0 Å². The first-order chi connectivity index (χ1) is 9.95. The van der Waals surface area contributed by atoms with Gasteiger partial charge in [-0.2, -0.15) is 5.10 Å². The predicted molar refractivity (Wildman–Crippen MR) is 79.6 cm³/mol. The molecule has 0 aliphatic rings. The molecule has 2 aromatic heterocycles. The van der Waals surface area contributed by atoms with Crippen molar-refractivity contribution >= 4 is 11.6 Å². The molecule has 0 bridgehead atoms. The van der Waals surface area contributed by atoms with Gasteiger partial charge in [0.05, 0.1) is 11.3 Å². The number of aryl methyl sites for hydroxylation is 3. The standard InChI is InChI=1S/C16H15N3O2/c1-9-4-10(2)15(11(3)5-9)13-6-14-17-7-12(16(20)21)8-19(14)18-13/h4-8H,1-3H3,(H,20,21). The Labute approximate surface area is 121 Å². The summed E-state index contributed by atoms with van der Waals surface area (Å²) >= 11 is 0. The van der Waals surface area contributed by atoms with Crippen LogP contribution in [-0.2, 0) is 0 Å². The molecule has 0 aliphatic carbocycles. The molecule has 5 nitrogen and oxygen atoms in total. The number of hydrogen-bond acceptors (Lipinski definition) is 3. The number of rotatable bonds is 2. The number of carboxylic acid groups (broad SMARTS) is 1. The second-order valence-electron chi connectivity index (χ2n) is 5.25. The van der Waals surface area contributed by atoms with E-state index in [1.807, 2.05) is 6.07 Å². The summed E-state index contributed by atoms with van der Waals surface area (Å²) in [6.07, 6.45) is 2.82. The number of nitrogens with zero attached hydrogens (tertiary/aromatic N) is 3. The Morgan fingerprint density at radius 1 is 1.14 bits per heavy atom. The highest BCUT2D eigenvalue weighted by atomic mass is 16.4. The molecule has 1 aromatic carbocycles. The zero-order valence-corrected chi connectivity index (χ0v) is 12.1.